The smallest absolute Gasteiger partial charge is 0.332 e. The van der Waals surface area contributed by atoms with Crippen molar-refractivity contribution in [2.24, 2.45) is 10.8 Å². The van der Waals surface area contributed by atoms with Crippen molar-refractivity contribution >= 4 is 23.6 Å². The zero-order valence-electron chi connectivity index (χ0n) is 9.14. The van der Waals surface area contributed by atoms with Crippen LogP contribution in [0.4, 0.5) is 16.2 Å². The predicted molar refractivity (Wildman–Crippen MR) is 61.7 cm³/mol. The van der Waals surface area contributed by atoms with Gasteiger partial charge in [0.15, 0.2) is 0 Å². The minimum Gasteiger partial charge on any atom is -0.502 e. The third-order valence-electron chi connectivity index (χ3n) is 1.89. The zero-order chi connectivity index (χ0) is 14.6. The number of carbonyl (C=O) groups is 1. The molecular weight excluding hydrogens is 262 g/mol. The Morgan fingerprint density at radius 1 is 1.37 bits per heavy atom. The molecule has 0 aliphatic carbocycles. The van der Waals surface area contributed by atoms with Crippen molar-refractivity contribution in [1.29, 1.82) is 0 Å². The Balaban J connectivity index is 3.29. The maximum absolute atomic E-state index is 10.6. The molecule has 0 aliphatic heterocycles. The lowest BCUT2D eigenvalue weighted by Gasteiger charge is -2.00. The maximum Gasteiger partial charge on any atom is 0.332 e. The number of non-ortho nitro benzene ring substituents is 1. The number of hydrogen-bond acceptors (Lipinski definition) is 7. The summed E-state index contributed by atoms with van der Waals surface area (Å²) in [4.78, 5) is 29.7. The summed E-state index contributed by atoms with van der Waals surface area (Å²) in [7, 11) is 0. The van der Waals surface area contributed by atoms with Crippen LogP contribution in [0.15, 0.2) is 17.2 Å². The number of rotatable bonds is 4. The Bertz CT molecular complexity index is 583. The topological polar surface area (TPSA) is 174 Å². The summed E-state index contributed by atoms with van der Waals surface area (Å²) in [6.07, 6.45) is 0.792. The van der Waals surface area contributed by atoms with E-state index in [0.29, 0.717) is 6.07 Å². The van der Waals surface area contributed by atoms with Crippen molar-refractivity contribution in [3.05, 3.63) is 37.9 Å². The average Bonchev–Trinajstić information content (AvgIpc) is 2.30. The molecule has 0 bridgehead atoms. The van der Waals surface area contributed by atoms with Crippen LogP contribution in [0.1, 0.15) is 5.56 Å². The fourth-order valence-corrected chi connectivity index (χ4v) is 1.13. The van der Waals surface area contributed by atoms with Gasteiger partial charge in [-0.05, 0) is 0 Å². The summed E-state index contributed by atoms with van der Waals surface area (Å²) < 4.78 is 0. The number of nitrogens with two attached hydrogens (primary N) is 1. The largest absolute Gasteiger partial charge is 0.502 e. The molecular formula is C8H7N5O6. The Kier molecular flexibility index (Phi) is 3.93. The zero-order valence-corrected chi connectivity index (χ0v) is 9.14. The molecule has 4 N–H and O–H groups in total. The van der Waals surface area contributed by atoms with Crippen LogP contribution in [0.3, 0.4) is 0 Å². The van der Waals surface area contributed by atoms with E-state index in [9.17, 15) is 30.1 Å². The lowest BCUT2D eigenvalue weighted by atomic mass is 10.1. The fourth-order valence-electron chi connectivity index (χ4n) is 1.13. The van der Waals surface area contributed by atoms with Gasteiger partial charge in [0.05, 0.1) is 27.7 Å². The maximum atomic E-state index is 10.6. The van der Waals surface area contributed by atoms with Crippen LogP contribution < -0.4 is 11.2 Å². The first kappa shape index (κ1) is 13.8. The number of nitro benzene ring substituents is 2. The van der Waals surface area contributed by atoms with Crippen LogP contribution >= 0.6 is 0 Å². The highest BCUT2D eigenvalue weighted by atomic mass is 16.6. The number of urea groups is 1. The highest BCUT2D eigenvalue weighted by Crippen LogP contribution is 2.33. The number of carbonyl (C=O) groups excluding carboxylic acids is 1. The van der Waals surface area contributed by atoms with Crippen molar-refractivity contribution in [3.8, 4) is 5.75 Å². The van der Waals surface area contributed by atoms with E-state index in [4.69, 9.17) is 5.73 Å². The monoisotopic (exact) mass is 269 g/mol. The van der Waals surface area contributed by atoms with Crippen molar-refractivity contribution in [2.45, 2.75) is 0 Å². The predicted octanol–water partition coefficient (Wildman–Crippen LogP) is 0.211. The minimum atomic E-state index is -1.00. The van der Waals surface area contributed by atoms with Crippen LogP contribution in [0.2, 0.25) is 0 Å². The number of benzene rings is 1. The van der Waals surface area contributed by atoms with Crippen molar-refractivity contribution in [1.82, 2.24) is 5.43 Å². The first-order valence-electron chi connectivity index (χ1n) is 4.57. The molecule has 11 nitrogen and oxygen atoms in total. The number of primary amides is 1. The summed E-state index contributed by atoms with van der Waals surface area (Å²) in [5.74, 6) is -0.814. The second kappa shape index (κ2) is 5.39. The molecule has 0 radical (unpaired) electrons. The number of hydrazone groups is 1. The Morgan fingerprint density at radius 2 is 2.00 bits per heavy atom. The molecule has 19 heavy (non-hydrogen) atoms. The van der Waals surface area contributed by atoms with E-state index in [2.05, 4.69) is 5.10 Å². The third kappa shape index (κ3) is 3.36. The molecule has 1 rings (SSSR count). The van der Waals surface area contributed by atoms with Gasteiger partial charge in [-0.1, -0.05) is 0 Å². The molecule has 1 aromatic rings. The van der Waals surface area contributed by atoms with Gasteiger partial charge >= 0.3 is 11.7 Å². The molecule has 0 saturated carbocycles. The first-order valence-corrected chi connectivity index (χ1v) is 4.57. The lowest BCUT2D eigenvalue weighted by molar-refractivity contribution is -0.394. The molecule has 0 aromatic heterocycles. The summed E-state index contributed by atoms with van der Waals surface area (Å²) in [5, 5.41) is 34.0. The van der Waals surface area contributed by atoms with E-state index in [1.807, 2.05) is 0 Å². The number of nitrogens with zero attached hydrogens (tertiary/aromatic N) is 3. The molecule has 11 heteroatoms. The normalized spacial score (nSPS) is 10.3. The standard InChI is InChI=1S/C8H7N5O6/c9-8(15)11-10-3-4-1-5(12(16)17)2-6(7(4)14)13(18)19/h1-3,14H,(H3,9,11,15). The van der Waals surface area contributed by atoms with E-state index in [1.54, 1.807) is 5.43 Å². The average molecular weight is 269 g/mol. The van der Waals surface area contributed by atoms with E-state index in [1.165, 1.54) is 0 Å². The summed E-state index contributed by atoms with van der Waals surface area (Å²) in [6, 6.07) is 0.457. The molecule has 0 heterocycles. The lowest BCUT2D eigenvalue weighted by Crippen LogP contribution is -2.24. The molecule has 0 saturated heterocycles. The van der Waals surface area contributed by atoms with Crippen LogP contribution in [-0.2, 0) is 0 Å². The summed E-state index contributed by atoms with van der Waals surface area (Å²) in [5.41, 5.74) is 4.72. The number of nitrogens with one attached hydrogen (secondary N) is 1. The van der Waals surface area contributed by atoms with Gasteiger partial charge in [-0.2, -0.15) is 5.10 Å². The van der Waals surface area contributed by atoms with Gasteiger partial charge in [-0.25, -0.2) is 10.2 Å². The van der Waals surface area contributed by atoms with E-state index < -0.39 is 33.0 Å². The number of aromatic hydroxyl groups is 1. The SMILES string of the molecule is NC(=O)NN=Cc1cc([N+](=O)[O-])cc([N+](=O)[O-])c1O. The first-order chi connectivity index (χ1) is 8.82. The quantitative estimate of drug-likeness (QED) is 0.400. The summed E-state index contributed by atoms with van der Waals surface area (Å²) in [6.45, 7) is 0. The molecule has 1 aromatic carbocycles. The second-order valence-corrected chi connectivity index (χ2v) is 3.15. The second-order valence-electron chi connectivity index (χ2n) is 3.15. The highest BCUT2D eigenvalue weighted by molar-refractivity contribution is 5.87. The van der Waals surface area contributed by atoms with Gasteiger partial charge in [-0.3, -0.25) is 20.2 Å². The molecule has 2 amide bonds. The van der Waals surface area contributed by atoms with E-state index >= 15 is 0 Å². The Labute approximate surface area is 104 Å². The molecule has 0 atom stereocenters. The fraction of sp³-hybridized carbons (Fsp3) is 0. The van der Waals surface area contributed by atoms with Gasteiger partial charge in [0, 0.05) is 6.07 Å². The van der Waals surface area contributed by atoms with Gasteiger partial charge in [-0.15, -0.1) is 0 Å². The van der Waals surface area contributed by atoms with Gasteiger partial charge < -0.3 is 10.8 Å². The van der Waals surface area contributed by atoms with Gasteiger partial charge in [0.25, 0.3) is 5.69 Å². The van der Waals surface area contributed by atoms with Crippen molar-refractivity contribution < 1.29 is 19.7 Å². The van der Waals surface area contributed by atoms with Crippen LogP contribution in [-0.4, -0.2) is 27.2 Å². The van der Waals surface area contributed by atoms with Gasteiger partial charge in [0.2, 0.25) is 5.75 Å². The highest BCUT2D eigenvalue weighted by Gasteiger charge is 2.22. The Hall–Kier alpha value is -3.24. The molecule has 0 fully saturated rings. The van der Waals surface area contributed by atoms with Crippen molar-refractivity contribution in [2.75, 3.05) is 0 Å². The third-order valence-corrected chi connectivity index (χ3v) is 1.89. The van der Waals surface area contributed by atoms with Crippen LogP contribution in [0.5, 0.6) is 5.75 Å². The van der Waals surface area contributed by atoms with Gasteiger partial charge in [0.1, 0.15) is 0 Å². The number of phenolic OH excluding ortho intramolecular Hbond substituents is 1. The molecule has 0 aliphatic rings. The van der Waals surface area contributed by atoms with Crippen LogP contribution in [0, 0.1) is 20.2 Å². The molecule has 0 spiro atoms. The summed E-state index contributed by atoms with van der Waals surface area (Å²) >= 11 is 0. The molecule has 100 valence electrons. The van der Waals surface area contributed by atoms with E-state index in [-0.39, 0.29) is 5.56 Å². The Morgan fingerprint density at radius 3 is 2.47 bits per heavy atom. The number of nitro groups is 2. The minimum absolute atomic E-state index is 0.311. The van der Waals surface area contributed by atoms with Crippen molar-refractivity contribution in [3.63, 3.8) is 0 Å². The van der Waals surface area contributed by atoms with Crippen LogP contribution in [0.25, 0.3) is 0 Å². The number of hydrogen-bond donors (Lipinski definition) is 3. The number of amides is 2. The number of phenols is 1. The molecule has 0 unspecified atom stereocenters. The van der Waals surface area contributed by atoms with E-state index in [0.717, 1.165) is 12.3 Å².